The van der Waals surface area contributed by atoms with Gasteiger partial charge in [0.15, 0.2) is 5.54 Å². The number of amides is 1. The Kier molecular flexibility index (Phi) is 3.96. The van der Waals surface area contributed by atoms with E-state index in [1.54, 1.807) is 13.8 Å². The topological polar surface area (TPSA) is 130 Å². The average Bonchev–Trinajstić information content (AvgIpc) is 2.87. The standard InChI is InChI=1S/C15H23FN2O5/c1-4-8-6-9-13(5-2,14(9,16)11(20)21)15(8,12(22)23)18-10(19)7(3)17/h7-9H,4-6,17H2,1-3H3,(H,18,19)(H,20,21)(H,22,23)/t7?,8?,9-,13+,14+,15-/m1/s1. The Morgan fingerprint density at radius 2 is 1.87 bits per heavy atom. The van der Waals surface area contributed by atoms with E-state index < -0.39 is 52.3 Å². The van der Waals surface area contributed by atoms with E-state index in [1.807, 2.05) is 0 Å². The number of carbonyl (C=O) groups excluding carboxylic acids is 1. The Bertz CT molecular complexity index is 568. The molecule has 0 radical (unpaired) electrons. The predicted molar refractivity (Wildman–Crippen MR) is 78.2 cm³/mol. The molecule has 2 unspecified atom stereocenters. The van der Waals surface area contributed by atoms with Gasteiger partial charge in [-0.2, -0.15) is 0 Å². The van der Waals surface area contributed by atoms with E-state index >= 15 is 4.39 Å². The van der Waals surface area contributed by atoms with Crippen molar-refractivity contribution in [3.63, 3.8) is 0 Å². The fourth-order valence-corrected chi connectivity index (χ4v) is 4.86. The van der Waals surface area contributed by atoms with Crippen LogP contribution in [0.15, 0.2) is 0 Å². The highest BCUT2D eigenvalue weighted by Gasteiger charge is 2.94. The zero-order valence-corrected chi connectivity index (χ0v) is 13.4. The summed E-state index contributed by atoms with van der Waals surface area (Å²) in [7, 11) is 0. The zero-order valence-electron chi connectivity index (χ0n) is 13.4. The SMILES string of the molecule is CCC1C[C@@H]2[C@@](CC)([C@@]2(F)C(=O)O)[C@]1(NC(=O)C(C)N)C(=O)O. The molecule has 2 aliphatic rings. The first-order chi connectivity index (χ1) is 10.6. The molecule has 130 valence electrons. The molecule has 5 N–H and O–H groups in total. The van der Waals surface area contributed by atoms with Gasteiger partial charge in [0, 0.05) is 5.92 Å². The van der Waals surface area contributed by atoms with Crippen LogP contribution in [0.3, 0.4) is 0 Å². The maximum atomic E-state index is 15.2. The molecule has 0 aromatic heterocycles. The van der Waals surface area contributed by atoms with Gasteiger partial charge in [0.05, 0.1) is 11.5 Å². The molecule has 8 heteroatoms. The number of fused-ring (bicyclic) bond motifs is 1. The van der Waals surface area contributed by atoms with Gasteiger partial charge in [-0.05, 0) is 25.7 Å². The summed E-state index contributed by atoms with van der Waals surface area (Å²) in [6.07, 6.45) is 0.501. The van der Waals surface area contributed by atoms with Crippen LogP contribution in [0.2, 0.25) is 0 Å². The number of halogens is 1. The van der Waals surface area contributed by atoms with Crippen molar-refractivity contribution in [1.29, 1.82) is 0 Å². The molecule has 0 saturated heterocycles. The number of nitrogens with two attached hydrogens (primary N) is 1. The lowest BCUT2D eigenvalue weighted by Crippen LogP contribution is -2.67. The number of hydrogen-bond acceptors (Lipinski definition) is 4. The number of nitrogens with one attached hydrogen (secondary N) is 1. The molecular formula is C15H23FN2O5. The van der Waals surface area contributed by atoms with Gasteiger partial charge >= 0.3 is 11.9 Å². The first kappa shape index (κ1) is 17.7. The van der Waals surface area contributed by atoms with Gasteiger partial charge in [0.25, 0.3) is 0 Å². The third-order valence-corrected chi connectivity index (χ3v) is 5.91. The van der Waals surface area contributed by atoms with Crippen molar-refractivity contribution in [2.75, 3.05) is 0 Å². The summed E-state index contributed by atoms with van der Waals surface area (Å²) in [5.74, 6) is -5.26. The van der Waals surface area contributed by atoms with Crippen molar-refractivity contribution in [3.8, 4) is 0 Å². The molecule has 0 bridgehead atoms. The number of aliphatic carboxylic acids is 2. The fourth-order valence-electron chi connectivity index (χ4n) is 4.86. The predicted octanol–water partition coefficient (Wildman–Crippen LogP) is 0.522. The minimum absolute atomic E-state index is 0.00248. The van der Waals surface area contributed by atoms with Crippen LogP contribution in [0.25, 0.3) is 0 Å². The summed E-state index contributed by atoms with van der Waals surface area (Å²) >= 11 is 0. The second-order valence-electron chi connectivity index (χ2n) is 6.63. The van der Waals surface area contributed by atoms with E-state index in [0.717, 1.165) is 0 Å². The number of carboxylic acid groups (broad SMARTS) is 2. The Morgan fingerprint density at radius 1 is 1.30 bits per heavy atom. The summed E-state index contributed by atoms with van der Waals surface area (Å²) in [4.78, 5) is 35.7. The molecule has 0 heterocycles. The highest BCUT2D eigenvalue weighted by molar-refractivity contribution is 5.96. The zero-order chi connectivity index (χ0) is 17.8. The first-order valence-electron chi connectivity index (χ1n) is 7.81. The van der Waals surface area contributed by atoms with Crippen molar-refractivity contribution in [1.82, 2.24) is 5.32 Å². The molecule has 0 aromatic carbocycles. The van der Waals surface area contributed by atoms with E-state index in [1.165, 1.54) is 6.92 Å². The third kappa shape index (κ3) is 1.75. The van der Waals surface area contributed by atoms with Crippen LogP contribution in [0.1, 0.15) is 40.0 Å². The van der Waals surface area contributed by atoms with E-state index in [2.05, 4.69) is 5.32 Å². The van der Waals surface area contributed by atoms with Gasteiger partial charge in [0.1, 0.15) is 0 Å². The Morgan fingerprint density at radius 3 is 2.22 bits per heavy atom. The molecule has 7 nitrogen and oxygen atoms in total. The maximum absolute atomic E-state index is 15.2. The number of alkyl halides is 1. The second-order valence-corrected chi connectivity index (χ2v) is 6.63. The number of hydrogen-bond donors (Lipinski definition) is 4. The highest BCUT2D eigenvalue weighted by atomic mass is 19.1. The summed E-state index contributed by atoms with van der Waals surface area (Å²) in [6, 6.07) is -0.978. The van der Waals surface area contributed by atoms with Gasteiger partial charge < -0.3 is 21.3 Å². The van der Waals surface area contributed by atoms with Crippen LogP contribution < -0.4 is 11.1 Å². The van der Waals surface area contributed by atoms with Crippen LogP contribution >= 0.6 is 0 Å². The molecule has 6 atom stereocenters. The van der Waals surface area contributed by atoms with Gasteiger partial charge in [-0.15, -0.1) is 0 Å². The highest BCUT2D eigenvalue weighted by Crippen LogP contribution is 2.80. The van der Waals surface area contributed by atoms with Gasteiger partial charge in [-0.1, -0.05) is 20.3 Å². The van der Waals surface area contributed by atoms with Crippen LogP contribution in [0, 0.1) is 17.3 Å². The summed E-state index contributed by atoms with van der Waals surface area (Å²) in [5, 5.41) is 21.6. The Labute approximate surface area is 133 Å². The van der Waals surface area contributed by atoms with Gasteiger partial charge in [-0.25, -0.2) is 14.0 Å². The third-order valence-electron chi connectivity index (χ3n) is 5.91. The van der Waals surface area contributed by atoms with E-state index in [0.29, 0.717) is 6.42 Å². The van der Waals surface area contributed by atoms with Crippen LogP contribution in [0.4, 0.5) is 4.39 Å². The van der Waals surface area contributed by atoms with E-state index in [-0.39, 0.29) is 12.8 Å². The Hall–Kier alpha value is -1.70. The normalized spacial score (nSPS) is 42.7. The molecule has 2 fully saturated rings. The minimum atomic E-state index is -2.64. The molecule has 1 amide bonds. The number of rotatable bonds is 6. The summed E-state index contributed by atoms with van der Waals surface area (Å²) in [5.41, 5.74) is -0.735. The quantitative estimate of drug-likeness (QED) is 0.562. The van der Waals surface area contributed by atoms with E-state index in [4.69, 9.17) is 5.73 Å². The van der Waals surface area contributed by atoms with Crippen molar-refractivity contribution in [2.45, 2.75) is 57.3 Å². The van der Waals surface area contributed by atoms with Crippen molar-refractivity contribution < 1.29 is 29.0 Å². The molecule has 0 aliphatic heterocycles. The maximum Gasteiger partial charge on any atom is 0.342 e. The van der Waals surface area contributed by atoms with Crippen LogP contribution in [-0.4, -0.2) is 45.3 Å². The minimum Gasteiger partial charge on any atom is -0.479 e. The van der Waals surface area contributed by atoms with Crippen molar-refractivity contribution in [2.24, 2.45) is 23.0 Å². The first-order valence-corrected chi connectivity index (χ1v) is 7.81. The van der Waals surface area contributed by atoms with Crippen molar-refractivity contribution >= 4 is 17.8 Å². The summed E-state index contributed by atoms with van der Waals surface area (Å²) in [6.45, 7) is 4.70. The van der Waals surface area contributed by atoms with Gasteiger partial charge in [-0.3, -0.25) is 4.79 Å². The number of carbonyl (C=O) groups is 3. The molecule has 2 aliphatic carbocycles. The molecule has 2 saturated carbocycles. The molecule has 0 spiro atoms. The lowest BCUT2D eigenvalue weighted by Gasteiger charge is -2.42. The largest absolute Gasteiger partial charge is 0.479 e. The summed E-state index contributed by atoms with van der Waals surface area (Å²) < 4.78 is 15.2. The lowest BCUT2D eigenvalue weighted by atomic mass is 9.70. The van der Waals surface area contributed by atoms with Gasteiger partial charge in [0.2, 0.25) is 11.6 Å². The Balaban J connectivity index is 2.62. The van der Waals surface area contributed by atoms with E-state index in [9.17, 15) is 24.6 Å². The monoisotopic (exact) mass is 330 g/mol. The van der Waals surface area contributed by atoms with Crippen LogP contribution in [0.5, 0.6) is 0 Å². The van der Waals surface area contributed by atoms with Crippen LogP contribution in [-0.2, 0) is 14.4 Å². The number of carboxylic acids is 2. The second kappa shape index (κ2) is 5.15. The fraction of sp³-hybridized carbons (Fsp3) is 0.800. The lowest BCUT2D eigenvalue weighted by molar-refractivity contribution is -0.160. The smallest absolute Gasteiger partial charge is 0.342 e. The molecule has 0 aromatic rings. The average molecular weight is 330 g/mol. The van der Waals surface area contributed by atoms with Crippen molar-refractivity contribution in [3.05, 3.63) is 0 Å². The molecule has 23 heavy (non-hydrogen) atoms. The molecule has 2 rings (SSSR count). The molecular weight excluding hydrogens is 307 g/mol.